The van der Waals surface area contributed by atoms with Gasteiger partial charge in [-0.05, 0) is 42.0 Å². The largest absolute Gasteiger partial charge is 0.366 e. The van der Waals surface area contributed by atoms with Crippen LogP contribution in [-0.2, 0) is 0 Å². The van der Waals surface area contributed by atoms with Gasteiger partial charge in [0.05, 0.1) is 12.0 Å². The molecule has 128 valence electrons. The lowest BCUT2D eigenvalue weighted by atomic mass is 9.80. The molecule has 0 bridgehead atoms. The third kappa shape index (κ3) is 4.48. The van der Waals surface area contributed by atoms with Crippen LogP contribution in [0.1, 0.15) is 37.6 Å². The van der Waals surface area contributed by atoms with Crippen molar-refractivity contribution in [3.8, 4) is 6.07 Å². The molecule has 1 aromatic carbocycles. The Morgan fingerprint density at radius 1 is 1.29 bits per heavy atom. The average Bonchev–Trinajstić information content (AvgIpc) is 2.88. The fraction of sp³-hybridized carbons (Fsp3) is 0.500. The van der Waals surface area contributed by atoms with Gasteiger partial charge in [-0.1, -0.05) is 20.8 Å². The minimum atomic E-state index is -0.505. The highest BCUT2D eigenvalue weighted by Crippen LogP contribution is 2.34. The summed E-state index contributed by atoms with van der Waals surface area (Å²) in [4.78, 5) is 25.2. The third-order valence-electron chi connectivity index (χ3n) is 4.19. The molecule has 24 heavy (non-hydrogen) atoms. The SMILES string of the molecule is CC(C)(C)CC1CN(C(=O)Nc2ccc(C(N)=O)cc2)CC1C#N. The average molecular weight is 328 g/mol. The van der Waals surface area contributed by atoms with Crippen molar-refractivity contribution in [2.45, 2.75) is 27.2 Å². The van der Waals surface area contributed by atoms with Gasteiger partial charge < -0.3 is 16.0 Å². The zero-order valence-electron chi connectivity index (χ0n) is 14.4. The molecule has 3 amide bonds. The predicted octanol–water partition coefficient (Wildman–Crippen LogP) is 2.83. The summed E-state index contributed by atoms with van der Waals surface area (Å²) in [6, 6.07) is 8.53. The third-order valence-corrected chi connectivity index (χ3v) is 4.19. The molecule has 2 rings (SSSR count). The molecule has 0 aliphatic carbocycles. The van der Waals surface area contributed by atoms with E-state index in [-0.39, 0.29) is 23.3 Å². The fourth-order valence-electron chi connectivity index (χ4n) is 3.10. The Balaban J connectivity index is 2.00. The van der Waals surface area contributed by atoms with Gasteiger partial charge in [-0.15, -0.1) is 0 Å². The van der Waals surface area contributed by atoms with Gasteiger partial charge in [-0.3, -0.25) is 4.79 Å². The molecular formula is C18H24N4O2. The maximum absolute atomic E-state index is 12.4. The van der Waals surface area contributed by atoms with Gasteiger partial charge in [0.25, 0.3) is 0 Å². The summed E-state index contributed by atoms with van der Waals surface area (Å²) >= 11 is 0. The van der Waals surface area contributed by atoms with Crippen LogP contribution in [0, 0.1) is 28.6 Å². The van der Waals surface area contributed by atoms with Crippen LogP contribution in [-0.4, -0.2) is 29.9 Å². The molecule has 1 aromatic rings. The van der Waals surface area contributed by atoms with E-state index in [9.17, 15) is 14.9 Å². The number of rotatable bonds is 3. The monoisotopic (exact) mass is 328 g/mol. The van der Waals surface area contributed by atoms with Crippen LogP contribution in [0.4, 0.5) is 10.5 Å². The fourth-order valence-corrected chi connectivity index (χ4v) is 3.10. The second kappa shape index (κ2) is 6.91. The van der Waals surface area contributed by atoms with Crippen molar-refractivity contribution in [2.24, 2.45) is 23.0 Å². The summed E-state index contributed by atoms with van der Waals surface area (Å²) in [5.74, 6) is -0.445. The Kier molecular flexibility index (Phi) is 5.13. The number of nitrogens with two attached hydrogens (primary N) is 1. The number of amides is 3. The molecule has 0 radical (unpaired) electrons. The lowest BCUT2D eigenvalue weighted by Crippen LogP contribution is -2.33. The van der Waals surface area contributed by atoms with Crippen molar-refractivity contribution in [3.63, 3.8) is 0 Å². The smallest absolute Gasteiger partial charge is 0.321 e. The Hall–Kier alpha value is -2.55. The first-order valence-corrected chi connectivity index (χ1v) is 8.05. The topological polar surface area (TPSA) is 99.2 Å². The van der Waals surface area contributed by atoms with E-state index in [1.54, 1.807) is 29.2 Å². The van der Waals surface area contributed by atoms with Crippen LogP contribution in [0.2, 0.25) is 0 Å². The molecule has 1 aliphatic rings. The summed E-state index contributed by atoms with van der Waals surface area (Å²) in [6.07, 6.45) is 0.905. The van der Waals surface area contributed by atoms with Gasteiger partial charge in [0.1, 0.15) is 0 Å². The van der Waals surface area contributed by atoms with Crippen molar-refractivity contribution >= 4 is 17.6 Å². The van der Waals surface area contributed by atoms with Crippen LogP contribution in [0.5, 0.6) is 0 Å². The summed E-state index contributed by atoms with van der Waals surface area (Å²) in [6.45, 7) is 7.46. The molecule has 6 heteroatoms. The molecule has 1 aliphatic heterocycles. The van der Waals surface area contributed by atoms with Crippen LogP contribution in [0.3, 0.4) is 0 Å². The summed E-state index contributed by atoms with van der Waals surface area (Å²) in [5.41, 5.74) is 6.31. The molecule has 3 N–H and O–H groups in total. The lowest BCUT2D eigenvalue weighted by molar-refractivity contribution is 0.100. The van der Waals surface area contributed by atoms with Gasteiger partial charge in [0.15, 0.2) is 0 Å². The van der Waals surface area contributed by atoms with Crippen molar-refractivity contribution in [1.29, 1.82) is 5.26 Å². The molecule has 1 fully saturated rings. The Bertz CT molecular complexity index is 655. The van der Waals surface area contributed by atoms with Gasteiger partial charge >= 0.3 is 6.03 Å². The zero-order valence-corrected chi connectivity index (χ0v) is 14.4. The number of likely N-dealkylation sites (tertiary alicyclic amines) is 1. The minimum Gasteiger partial charge on any atom is -0.366 e. The van der Waals surface area contributed by atoms with E-state index in [1.165, 1.54) is 0 Å². The van der Waals surface area contributed by atoms with Gasteiger partial charge in [-0.25, -0.2) is 4.79 Å². The highest BCUT2D eigenvalue weighted by atomic mass is 16.2. The zero-order chi connectivity index (χ0) is 17.9. The molecular weight excluding hydrogens is 304 g/mol. The standard InChI is InChI=1S/C18H24N4O2/c1-18(2,3)8-13-10-22(11-14(13)9-19)17(24)21-15-6-4-12(5-7-15)16(20)23/h4-7,13-14H,8,10-11H2,1-3H3,(H2,20,23)(H,21,24). The molecule has 2 atom stereocenters. The molecule has 1 saturated heterocycles. The number of primary amides is 1. The van der Waals surface area contributed by atoms with E-state index in [4.69, 9.17) is 5.73 Å². The second-order valence-electron chi connectivity index (χ2n) is 7.54. The Labute approximate surface area is 142 Å². The number of carbonyl (C=O) groups is 2. The van der Waals surface area contributed by atoms with E-state index < -0.39 is 5.91 Å². The van der Waals surface area contributed by atoms with E-state index in [1.807, 2.05) is 0 Å². The van der Waals surface area contributed by atoms with Crippen LogP contribution < -0.4 is 11.1 Å². The van der Waals surface area contributed by atoms with Crippen molar-refractivity contribution < 1.29 is 9.59 Å². The van der Waals surface area contributed by atoms with Gasteiger partial charge in [-0.2, -0.15) is 5.26 Å². The van der Waals surface area contributed by atoms with E-state index >= 15 is 0 Å². The highest BCUT2D eigenvalue weighted by molar-refractivity contribution is 5.94. The van der Waals surface area contributed by atoms with Crippen molar-refractivity contribution in [1.82, 2.24) is 4.90 Å². The number of nitrogens with one attached hydrogen (secondary N) is 1. The molecule has 0 aromatic heterocycles. The molecule has 0 spiro atoms. The maximum Gasteiger partial charge on any atom is 0.321 e. The number of anilines is 1. The van der Waals surface area contributed by atoms with Crippen LogP contribution >= 0.6 is 0 Å². The van der Waals surface area contributed by atoms with E-state index in [0.29, 0.717) is 24.3 Å². The number of urea groups is 1. The lowest BCUT2D eigenvalue weighted by Gasteiger charge is -2.24. The van der Waals surface area contributed by atoms with Crippen LogP contribution in [0.15, 0.2) is 24.3 Å². The normalized spacial score (nSPS) is 20.5. The first kappa shape index (κ1) is 17.8. The number of hydrogen-bond donors (Lipinski definition) is 2. The second-order valence-corrected chi connectivity index (χ2v) is 7.54. The first-order chi connectivity index (χ1) is 11.2. The first-order valence-electron chi connectivity index (χ1n) is 8.05. The van der Waals surface area contributed by atoms with Gasteiger partial charge in [0.2, 0.25) is 5.91 Å². The highest BCUT2D eigenvalue weighted by Gasteiger charge is 2.37. The number of hydrogen-bond acceptors (Lipinski definition) is 3. The maximum atomic E-state index is 12.4. The summed E-state index contributed by atoms with van der Waals surface area (Å²) in [5, 5.41) is 12.2. The number of benzene rings is 1. The predicted molar refractivity (Wildman–Crippen MR) is 92.2 cm³/mol. The minimum absolute atomic E-state index is 0.122. The number of nitrogens with zero attached hydrogens (tertiary/aromatic N) is 2. The van der Waals surface area contributed by atoms with Gasteiger partial charge in [0, 0.05) is 24.3 Å². The van der Waals surface area contributed by atoms with E-state index in [0.717, 1.165) is 6.42 Å². The molecule has 0 saturated carbocycles. The Morgan fingerprint density at radius 3 is 2.42 bits per heavy atom. The van der Waals surface area contributed by atoms with Crippen molar-refractivity contribution in [3.05, 3.63) is 29.8 Å². The molecule has 6 nitrogen and oxygen atoms in total. The Morgan fingerprint density at radius 2 is 1.92 bits per heavy atom. The van der Waals surface area contributed by atoms with E-state index in [2.05, 4.69) is 32.2 Å². The number of nitriles is 1. The summed E-state index contributed by atoms with van der Waals surface area (Å²) < 4.78 is 0. The molecule has 1 heterocycles. The van der Waals surface area contributed by atoms with Crippen LogP contribution in [0.25, 0.3) is 0 Å². The summed E-state index contributed by atoms with van der Waals surface area (Å²) in [7, 11) is 0. The molecule has 2 unspecified atom stereocenters. The number of carbonyl (C=O) groups excluding carboxylic acids is 2. The quantitative estimate of drug-likeness (QED) is 0.892. The van der Waals surface area contributed by atoms with Crippen molar-refractivity contribution in [2.75, 3.05) is 18.4 Å².